The number of aliphatic hydroxyl groups excluding tert-OH is 1. The lowest BCUT2D eigenvalue weighted by molar-refractivity contribution is 0.0842. The van der Waals surface area contributed by atoms with Crippen LogP contribution in [0, 0.1) is 20.8 Å². The van der Waals surface area contributed by atoms with E-state index in [1.807, 2.05) is 31.2 Å². The van der Waals surface area contributed by atoms with Crippen LogP contribution in [0.1, 0.15) is 27.3 Å². The highest BCUT2D eigenvalue weighted by Gasteiger charge is 2.16. The molecule has 6 nitrogen and oxygen atoms in total. The molecule has 0 aliphatic heterocycles. The van der Waals surface area contributed by atoms with E-state index in [-0.39, 0.29) is 19.1 Å². The summed E-state index contributed by atoms with van der Waals surface area (Å²) < 4.78 is 5.50. The molecule has 2 rings (SSSR count). The molecule has 1 atom stereocenters. The van der Waals surface area contributed by atoms with Crippen LogP contribution in [0.3, 0.4) is 0 Å². The maximum absolute atomic E-state index is 12.0. The molecule has 0 aliphatic carbocycles. The number of nitrogens with zero attached hydrogens (tertiary/aromatic N) is 1. The van der Waals surface area contributed by atoms with E-state index in [1.54, 1.807) is 13.8 Å². The van der Waals surface area contributed by atoms with E-state index in [2.05, 4.69) is 15.5 Å². The van der Waals surface area contributed by atoms with Crippen molar-refractivity contribution in [2.45, 2.75) is 26.9 Å². The van der Waals surface area contributed by atoms with Crippen LogP contribution in [0.4, 0.5) is 0 Å². The van der Waals surface area contributed by atoms with Crippen molar-refractivity contribution in [2.75, 3.05) is 13.2 Å². The van der Waals surface area contributed by atoms with Gasteiger partial charge in [-0.25, -0.2) is 0 Å². The number of nitrogens with one attached hydrogen (secondary N) is 2. The zero-order valence-corrected chi connectivity index (χ0v) is 13.0. The summed E-state index contributed by atoms with van der Waals surface area (Å²) in [7, 11) is 0. The molecule has 0 saturated carbocycles. The Morgan fingerprint density at radius 3 is 2.82 bits per heavy atom. The predicted molar refractivity (Wildman–Crippen MR) is 83.1 cm³/mol. The monoisotopic (exact) mass is 303 g/mol. The number of carbonyl (C=O) groups is 1. The van der Waals surface area contributed by atoms with Crippen molar-refractivity contribution < 1.29 is 14.6 Å². The summed E-state index contributed by atoms with van der Waals surface area (Å²) >= 11 is 0. The third-order valence-corrected chi connectivity index (χ3v) is 3.29. The molecule has 22 heavy (non-hydrogen) atoms. The summed E-state index contributed by atoms with van der Waals surface area (Å²) in [5.74, 6) is 0.449. The number of ether oxygens (including phenoxy) is 1. The number of aromatic nitrogens is 2. The largest absolute Gasteiger partial charge is 0.491 e. The lowest BCUT2D eigenvalue weighted by atomic mass is 10.2. The quantitative estimate of drug-likeness (QED) is 0.755. The molecule has 0 aliphatic rings. The third kappa shape index (κ3) is 4.08. The number of benzene rings is 1. The standard InChI is InChI=1S/C16H21N3O3/c1-10-5-4-6-14(7-10)22-9-13(20)8-17-16(21)15-11(2)18-19-12(15)3/h4-7,13,20H,8-9H2,1-3H3,(H,17,21)(H,18,19). The summed E-state index contributed by atoms with van der Waals surface area (Å²) in [6.07, 6.45) is -0.781. The van der Waals surface area contributed by atoms with Gasteiger partial charge in [-0.15, -0.1) is 0 Å². The maximum Gasteiger partial charge on any atom is 0.255 e. The molecule has 118 valence electrons. The predicted octanol–water partition coefficient (Wildman–Crippen LogP) is 1.50. The zero-order chi connectivity index (χ0) is 16.1. The van der Waals surface area contributed by atoms with E-state index < -0.39 is 6.10 Å². The van der Waals surface area contributed by atoms with Crippen LogP contribution in [0.2, 0.25) is 0 Å². The number of hydrogen-bond acceptors (Lipinski definition) is 4. The van der Waals surface area contributed by atoms with Gasteiger partial charge in [0, 0.05) is 12.2 Å². The Hall–Kier alpha value is -2.34. The van der Waals surface area contributed by atoms with E-state index in [1.165, 1.54) is 0 Å². The van der Waals surface area contributed by atoms with Crippen LogP contribution >= 0.6 is 0 Å². The van der Waals surface area contributed by atoms with E-state index in [0.29, 0.717) is 22.7 Å². The minimum atomic E-state index is -0.781. The molecule has 3 N–H and O–H groups in total. The average molecular weight is 303 g/mol. The Bertz CT molecular complexity index is 632. The lowest BCUT2D eigenvalue weighted by Crippen LogP contribution is -2.35. The molecule has 0 fully saturated rings. The minimum absolute atomic E-state index is 0.118. The number of carbonyl (C=O) groups excluding carboxylic acids is 1. The van der Waals surface area contributed by atoms with Crippen molar-refractivity contribution in [3.63, 3.8) is 0 Å². The van der Waals surface area contributed by atoms with Gasteiger partial charge < -0.3 is 15.2 Å². The van der Waals surface area contributed by atoms with E-state index in [0.717, 1.165) is 5.56 Å². The van der Waals surface area contributed by atoms with E-state index in [4.69, 9.17) is 4.74 Å². The van der Waals surface area contributed by atoms with Crippen LogP contribution in [-0.4, -0.2) is 40.5 Å². The topological polar surface area (TPSA) is 87.2 Å². The van der Waals surface area contributed by atoms with Crippen LogP contribution < -0.4 is 10.1 Å². The Morgan fingerprint density at radius 2 is 2.18 bits per heavy atom. The number of rotatable bonds is 6. The van der Waals surface area contributed by atoms with Crippen molar-refractivity contribution in [3.05, 3.63) is 46.8 Å². The number of H-pyrrole nitrogens is 1. The molecular weight excluding hydrogens is 282 g/mol. The van der Waals surface area contributed by atoms with Crippen LogP contribution in [-0.2, 0) is 0 Å². The first-order valence-electron chi connectivity index (χ1n) is 7.14. The van der Waals surface area contributed by atoms with Gasteiger partial charge in [-0.3, -0.25) is 9.89 Å². The van der Waals surface area contributed by atoms with Gasteiger partial charge >= 0.3 is 0 Å². The highest BCUT2D eigenvalue weighted by Crippen LogP contribution is 2.12. The second kappa shape index (κ2) is 7.09. The van der Waals surface area contributed by atoms with Gasteiger partial charge in [0.25, 0.3) is 5.91 Å². The van der Waals surface area contributed by atoms with Gasteiger partial charge in [0.1, 0.15) is 18.5 Å². The SMILES string of the molecule is Cc1cccc(OCC(O)CNC(=O)c2c(C)n[nH]c2C)c1. The third-order valence-electron chi connectivity index (χ3n) is 3.29. The molecule has 2 aromatic rings. The summed E-state index contributed by atoms with van der Waals surface area (Å²) in [5.41, 5.74) is 2.96. The van der Waals surface area contributed by atoms with Crippen molar-refractivity contribution >= 4 is 5.91 Å². The number of aromatic amines is 1. The maximum atomic E-state index is 12.0. The molecule has 1 aromatic carbocycles. The van der Waals surface area contributed by atoms with E-state index >= 15 is 0 Å². The smallest absolute Gasteiger partial charge is 0.255 e. The summed E-state index contributed by atoms with van der Waals surface area (Å²) in [6.45, 7) is 5.75. The molecule has 1 aromatic heterocycles. The Kier molecular flexibility index (Phi) is 5.16. The van der Waals surface area contributed by atoms with Crippen molar-refractivity contribution in [3.8, 4) is 5.75 Å². The van der Waals surface area contributed by atoms with Crippen LogP contribution in [0.25, 0.3) is 0 Å². The zero-order valence-electron chi connectivity index (χ0n) is 13.0. The highest BCUT2D eigenvalue weighted by atomic mass is 16.5. The fourth-order valence-corrected chi connectivity index (χ4v) is 2.14. The molecule has 6 heteroatoms. The minimum Gasteiger partial charge on any atom is -0.491 e. The lowest BCUT2D eigenvalue weighted by Gasteiger charge is -2.13. The summed E-state index contributed by atoms with van der Waals surface area (Å²) in [6, 6.07) is 7.59. The molecule has 0 radical (unpaired) electrons. The first kappa shape index (κ1) is 16.0. The normalized spacial score (nSPS) is 12.0. The van der Waals surface area contributed by atoms with Crippen molar-refractivity contribution in [1.82, 2.24) is 15.5 Å². The fraction of sp³-hybridized carbons (Fsp3) is 0.375. The van der Waals surface area contributed by atoms with Crippen molar-refractivity contribution in [1.29, 1.82) is 0 Å². The first-order valence-corrected chi connectivity index (χ1v) is 7.14. The van der Waals surface area contributed by atoms with Crippen molar-refractivity contribution in [2.24, 2.45) is 0 Å². The summed E-state index contributed by atoms with van der Waals surface area (Å²) in [5, 5.41) is 19.3. The van der Waals surface area contributed by atoms with Gasteiger partial charge in [-0.05, 0) is 38.5 Å². The Morgan fingerprint density at radius 1 is 1.41 bits per heavy atom. The number of hydrogen-bond donors (Lipinski definition) is 3. The fourth-order valence-electron chi connectivity index (χ4n) is 2.14. The van der Waals surface area contributed by atoms with Gasteiger partial charge in [0.2, 0.25) is 0 Å². The molecule has 1 amide bonds. The van der Waals surface area contributed by atoms with Gasteiger partial charge in [0.05, 0.1) is 11.3 Å². The molecular formula is C16H21N3O3. The van der Waals surface area contributed by atoms with E-state index in [9.17, 15) is 9.90 Å². The number of amides is 1. The molecule has 1 heterocycles. The Balaban J connectivity index is 1.80. The summed E-state index contributed by atoms with van der Waals surface area (Å²) in [4.78, 5) is 12.0. The van der Waals surface area contributed by atoms with Gasteiger partial charge in [-0.2, -0.15) is 5.10 Å². The average Bonchev–Trinajstić information content (AvgIpc) is 2.82. The molecule has 0 spiro atoms. The number of aliphatic hydroxyl groups is 1. The second-order valence-corrected chi connectivity index (χ2v) is 5.30. The highest BCUT2D eigenvalue weighted by molar-refractivity contribution is 5.96. The van der Waals surface area contributed by atoms with Crippen LogP contribution in [0.15, 0.2) is 24.3 Å². The van der Waals surface area contributed by atoms with Gasteiger partial charge in [-0.1, -0.05) is 12.1 Å². The first-order chi connectivity index (χ1) is 10.5. The molecule has 0 saturated heterocycles. The Labute approximate surface area is 129 Å². The molecule has 0 bridgehead atoms. The van der Waals surface area contributed by atoms with Crippen LogP contribution in [0.5, 0.6) is 5.75 Å². The number of aryl methyl sites for hydroxylation is 3. The van der Waals surface area contributed by atoms with Gasteiger partial charge in [0.15, 0.2) is 0 Å². The second-order valence-electron chi connectivity index (χ2n) is 5.30. The molecule has 1 unspecified atom stereocenters.